The second-order valence-corrected chi connectivity index (χ2v) is 4.96. The number of carboxylic acid groups (broad SMARTS) is 1. The first-order valence-corrected chi connectivity index (χ1v) is 5.59. The number of hydrogen-bond donors (Lipinski definition) is 3. The van der Waals surface area contributed by atoms with Crippen LogP contribution in [0, 0.1) is 0 Å². The Bertz CT molecular complexity index is 277. The van der Waals surface area contributed by atoms with Gasteiger partial charge in [-0.3, -0.25) is 9.59 Å². The number of carbonyl (C=O) groups excluding carboxylic acids is 1. The maximum atomic E-state index is 11.6. The lowest BCUT2D eigenvalue weighted by atomic mass is 10.0. The summed E-state index contributed by atoms with van der Waals surface area (Å²) in [6, 6.07) is -0.760. The lowest BCUT2D eigenvalue weighted by Gasteiger charge is -2.33. The summed E-state index contributed by atoms with van der Waals surface area (Å²) in [5.41, 5.74) is 5.42. The van der Waals surface area contributed by atoms with Crippen LogP contribution in [0.25, 0.3) is 0 Å². The number of hydrogen-bond acceptors (Lipinski definition) is 4. The highest BCUT2D eigenvalue weighted by atomic mass is 16.4. The third kappa shape index (κ3) is 6.23. The number of carboxylic acids is 1. The topological polar surface area (TPSA) is 95.7 Å². The van der Waals surface area contributed by atoms with Crippen LogP contribution in [0.4, 0.5) is 0 Å². The maximum absolute atomic E-state index is 11.6. The van der Waals surface area contributed by atoms with Gasteiger partial charge in [-0.15, -0.1) is 0 Å². The molecule has 6 heteroatoms. The van der Waals surface area contributed by atoms with Crippen LogP contribution in [-0.4, -0.2) is 54.1 Å². The third-order valence-electron chi connectivity index (χ3n) is 2.91. The van der Waals surface area contributed by atoms with Crippen molar-refractivity contribution in [1.82, 2.24) is 10.2 Å². The Hall–Kier alpha value is -1.14. The van der Waals surface area contributed by atoms with Gasteiger partial charge in [0.2, 0.25) is 5.91 Å². The largest absolute Gasteiger partial charge is 0.481 e. The molecule has 1 amide bonds. The summed E-state index contributed by atoms with van der Waals surface area (Å²) >= 11 is 0. The number of aliphatic carboxylic acids is 1. The highest BCUT2D eigenvalue weighted by Gasteiger charge is 2.22. The Labute approximate surface area is 102 Å². The Morgan fingerprint density at radius 3 is 2.35 bits per heavy atom. The quantitative estimate of drug-likeness (QED) is 0.569. The zero-order chi connectivity index (χ0) is 13.6. The molecule has 0 saturated heterocycles. The fraction of sp³-hybridized carbons (Fsp3) is 0.818. The zero-order valence-corrected chi connectivity index (χ0v) is 11.0. The smallest absolute Gasteiger partial charge is 0.303 e. The van der Waals surface area contributed by atoms with E-state index in [2.05, 4.69) is 5.32 Å². The molecule has 0 saturated carbocycles. The fourth-order valence-corrected chi connectivity index (χ4v) is 1.00. The number of likely N-dealkylation sites (N-methyl/N-ethyl adjacent to an activating group) is 1. The molecule has 0 heterocycles. The molecule has 0 fully saturated rings. The molecule has 100 valence electrons. The Balaban J connectivity index is 4.05. The summed E-state index contributed by atoms with van der Waals surface area (Å²) in [5.74, 6) is -1.25. The van der Waals surface area contributed by atoms with Gasteiger partial charge in [-0.1, -0.05) is 0 Å². The van der Waals surface area contributed by atoms with Crippen LogP contribution in [0.3, 0.4) is 0 Å². The van der Waals surface area contributed by atoms with Crippen molar-refractivity contribution in [2.75, 3.05) is 20.6 Å². The molecule has 1 unspecified atom stereocenters. The van der Waals surface area contributed by atoms with E-state index in [4.69, 9.17) is 10.8 Å². The van der Waals surface area contributed by atoms with E-state index in [1.165, 1.54) is 0 Å². The summed E-state index contributed by atoms with van der Waals surface area (Å²) in [7, 11) is 3.85. The molecule has 1 atom stereocenters. The van der Waals surface area contributed by atoms with E-state index in [1.54, 1.807) is 0 Å². The van der Waals surface area contributed by atoms with Crippen molar-refractivity contribution < 1.29 is 14.7 Å². The van der Waals surface area contributed by atoms with Gasteiger partial charge in [0.25, 0.3) is 0 Å². The van der Waals surface area contributed by atoms with Crippen molar-refractivity contribution in [2.24, 2.45) is 5.73 Å². The average Bonchev–Trinajstić information content (AvgIpc) is 2.22. The van der Waals surface area contributed by atoms with Gasteiger partial charge in [0, 0.05) is 18.5 Å². The molecular formula is C11H23N3O3. The zero-order valence-electron chi connectivity index (χ0n) is 11.0. The molecule has 0 rings (SSSR count). The Kier molecular flexibility index (Phi) is 6.12. The summed E-state index contributed by atoms with van der Waals surface area (Å²) in [6.07, 6.45) is 0.0647. The Morgan fingerprint density at radius 2 is 1.94 bits per heavy atom. The second-order valence-electron chi connectivity index (χ2n) is 4.96. The number of amides is 1. The van der Waals surface area contributed by atoms with Crippen LogP contribution in [0.5, 0.6) is 0 Å². The minimum absolute atomic E-state index is 0.0916. The maximum Gasteiger partial charge on any atom is 0.303 e. The first-order chi connectivity index (χ1) is 7.66. The molecule has 6 nitrogen and oxygen atoms in total. The van der Waals surface area contributed by atoms with Crippen molar-refractivity contribution in [1.29, 1.82) is 0 Å². The van der Waals surface area contributed by atoms with Crippen LogP contribution < -0.4 is 11.1 Å². The van der Waals surface area contributed by atoms with Gasteiger partial charge in [0.1, 0.15) is 0 Å². The van der Waals surface area contributed by atoms with Crippen LogP contribution in [0.15, 0.2) is 0 Å². The highest BCUT2D eigenvalue weighted by Crippen LogP contribution is 2.07. The van der Waals surface area contributed by atoms with Crippen LogP contribution in [0.2, 0.25) is 0 Å². The number of nitrogens with two attached hydrogens (primary N) is 1. The van der Waals surface area contributed by atoms with Crippen molar-refractivity contribution >= 4 is 11.9 Å². The monoisotopic (exact) mass is 245 g/mol. The molecule has 0 aliphatic rings. The minimum atomic E-state index is -0.943. The van der Waals surface area contributed by atoms with Crippen molar-refractivity contribution in [3.63, 3.8) is 0 Å². The highest BCUT2D eigenvalue weighted by molar-refractivity contribution is 5.82. The van der Waals surface area contributed by atoms with E-state index < -0.39 is 12.0 Å². The fourth-order valence-electron chi connectivity index (χ4n) is 1.00. The molecule has 0 bridgehead atoms. The number of nitrogens with zero attached hydrogens (tertiary/aromatic N) is 1. The normalized spacial score (nSPS) is 13.5. The van der Waals surface area contributed by atoms with Gasteiger partial charge in [0.05, 0.1) is 6.04 Å². The molecule has 0 radical (unpaired) electrons. The van der Waals surface area contributed by atoms with E-state index >= 15 is 0 Å². The number of rotatable bonds is 7. The summed E-state index contributed by atoms with van der Waals surface area (Å²) < 4.78 is 0. The molecule has 0 aromatic carbocycles. The van der Waals surface area contributed by atoms with Crippen LogP contribution >= 0.6 is 0 Å². The van der Waals surface area contributed by atoms with Crippen molar-refractivity contribution in [3.8, 4) is 0 Å². The summed E-state index contributed by atoms with van der Waals surface area (Å²) in [4.78, 5) is 23.9. The van der Waals surface area contributed by atoms with Gasteiger partial charge in [-0.05, 0) is 34.4 Å². The SMILES string of the molecule is CN(C)C(C)(C)CNC(=O)C(N)CCC(=O)O. The first-order valence-electron chi connectivity index (χ1n) is 5.59. The van der Waals surface area contributed by atoms with Gasteiger partial charge in [0.15, 0.2) is 0 Å². The third-order valence-corrected chi connectivity index (χ3v) is 2.91. The van der Waals surface area contributed by atoms with Gasteiger partial charge < -0.3 is 21.1 Å². The van der Waals surface area contributed by atoms with Crippen LogP contribution in [-0.2, 0) is 9.59 Å². The van der Waals surface area contributed by atoms with E-state index in [0.717, 1.165) is 0 Å². The molecule has 17 heavy (non-hydrogen) atoms. The second kappa shape index (κ2) is 6.56. The first kappa shape index (κ1) is 15.9. The summed E-state index contributed by atoms with van der Waals surface area (Å²) in [5, 5.41) is 11.2. The molecule has 0 aromatic rings. The van der Waals surface area contributed by atoms with Crippen molar-refractivity contribution in [3.05, 3.63) is 0 Å². The standard InChI is InChI=1S/C11H23N3O3/c1-11(2,14(3)4)7-13-10(17)8(12)5-6-9(15)16/h8H,5-7,12H2,1-4H3,(H,13,17)(H,15,16). The minimum Gasteiger partial charge on any atom is -0.481 e. The molecule has 0 aliphatic carbocycles. The van der Waals surface area contributed by atoms with E-state index in [9.17, 15) is 9.59 Å². The lowest BCUT2D eigenvalue weighted by molar-refractivity contribution is -0.137. The molecular weight excluding hydrogens is 222 g/mol. The molecule has 0 aliphatic heterocycles. The van der Waals surface area contributed by atoms with Crippen LogP contribution in [0.1, 0.15) is 26.7 Å². The number of nitrogens with one attached hydrogen (secondary N) is 1. The molecule has 4 N–H and O–H groups in total. The summed E-state index contributed by atoms with van der Waals surface area (Å²) in [6.45, 7) is 4.46. The average molecular weight is 245 g/mol. The van der Waals surface area contributed by atoms with Gasteiger partial charge >= 0.3 is 5.97 Å². The predicted molar refractivity (Wildman–Crippen MR) is 65.6 cm³/mol. The lowest BCUT2D eigenvalue weighted by Crippen LogP contribution is -2.51. The van der Waals surface area contributed by atoms with Crippen molar-refractivity contribution in [2.45, 2.75) is 38.3 Å². The van der Waals surface area contributed by atoms with E-state index in [-0.39, 0.29) is 24.3 Å². The predicted octanol–water partition coefficient (Wildman–Crippen LogP) is -0.365. The molecule has 0 spiro atoms. The van der Waals surface area contributed by atoms with E-state index in [0.29, 0.717) is 6.54 Å². The Morgan fingerprint density at radius 1 is 1.41 bits per heavy atom. The van der Waals surface area contributed by atoms with Gasteiger partial charge in [-0.2, -0.15) is 0 Å². The van der Waals surface area contributed by atoms with Gasteiger partial charge in [-0.25, -0.2) is 0 Å². The van der Waals surface area contributed by atoms with E-state index in [1.807, 2.05) is 32.8 Å². The molecule has 0 aromatic heterocycles. The number of carbonyl (C=O) groups is 2.